The van der Waals surface area contributed by atoms with E-state index in [1.807, 2.05) is 0 Å². The van der Waals surface area contributed by atoms with Crippen LogP contribution in [0.5, 0.6) is 0 Å². The average molecular weight is 372 g/mol. The first-order chi connectivity index (χ1) is 7.89. The maximum absolute atomic E-state index is 12.6. The lowest BCUT2D eigenvalue weighted by Crippen LogP contribution is -2.22. The molecule has 1 aromatic rings. The summed E-state index contributed by atoms with van der Waals surface area (Å²) in [5.41, 5.74) is 0.904. The van der Waals surface area contributed by atoms with Crippen LogP contribution in [0.1, 0.15) is 28.9 Å². The van der Waals surface area contributed by atoms with Gasteiger partial charge in [-0.2, -0.15) is 13.2 Å². The summed E-state index contributed by atoms with van der Waals surface area (Å²) in [7, 11) is 0. The molecule has 0 amide bonds. The molecule has 0 aliphatic carbocycles. The van der Waals surface area contributed by atoms with Crippen LogP contribution in [0.25, 0.3) is 0 Å². The third kappa shape index (κ3) is 1.68. The Hall–Kier alpha value is -0.0700. The van der Waals surface area contributed by atoms with Gasteiger partial charge in [-0.15, -0.1) is 0 Å². The predicted molar refractivity (Wildman–Crippen MR) is 63.4 cm³/mol. The van der Waals surface area contributed by atoms with E-state index in [1.165, 1.54) is 12.1 Å². The fourth-order valence-electron chi connectivity index (χ4n) is 2.39. The lowest BCUT2D eigenvalue weighted by atomic mass is 9.90. The molecule has 1 saturated heterocycles. The smallest absolute Gasteiger partial charge is 0.363 e. The van der Waals surface area contributed by atoms with Crippen LogP contribution in [0.3, 0.4) is 0 Å². The third-order valence-corrected chi connectivity index (χ3v) is 6.01. The monoisotopic (exact) mass is 370 g/mol. The topological polar surface area (TPSA) is 9.23 Å². The standard InChI is InChI=1S/C11H7Br2F3O/c12-7-8(13)10-6-3-4(11(14,15)16)1-2-5(6)9(7)17-10/h1-3,7-10H/t7-,8+,9+,10+/m1/s1. The molecule has 1 fully saturated rings. The van der Waals surface area contributed by atoms with Crippen LogP contribution in [0.4, 0.5) is 13.2 Å². The molecular formula is C11H7Br2F3O. The molecule has 3 rings (SSSR count). The number of ether oxygens (including phenoxy) is 1. The van der Waals surface area contributed by atoms with Gasteiger partial charge in [0, 0.05) is 0 Å². The summed E-state index contributed by atoms with van der Waals surface area (Å²) in [6, 6.07) is 3.84. The van der Waals surface area contributed by atoms with Gasteiger partial charge in [0.25, 0.3) is 0 Å². The van der Waals surface area contributed by atoms with Crippen molar-refractivity contribution < 1.29 is 17.9 Å². The Labute approximate surface area is 113 Å². The van der Waals surface area contributed by atoms with E-state index in [2.05, 4.69) is 31.9 Å². The molecule has 2 heterocycles. The molecule has 2 bridgehead atoms. The highest BCUT2D eigenvalue weighted by Crippen LogP contribution is 2.56. The van der Waals surface area contributed by atoms with Crippen molar-refractivity contribution in [2.45, 2.75) is 28.0 Å². The molecule has 1 nitrogen and oxygen atoms in total. The molecule has 2 aliphatic heterocycles. The lowest BCUT2D eigenvalue weighted by molar-refractivity contribution is -0.137. The average Bonchev–Trinajstić information content (AvgIpc) is 2.76. The zero-order valence-corrected chi connectivity index (χ0v) is 11.5. The molecule has 1 aromatic carbocycles. The van der Waals surface area contributed by atoms with Gasteiger partial charge >= 0.3 is 6.18 Å². The van der Waals surface area contributed by atoms with Crippen LogP contribution in [0.2, 0.25) is 0 Å². The Kier molecular flexibility index (Phi) is 2.62. The van der Waals surface area contributed by atoms with Crippen LogP contribution in [-0.2, 0) is 10.9 Å². The Morgan fingerprint density at radius 1 is 1.00 bits per heavy atom. The van der Waals surface area contributed by atoms with Crippen LogP contribution in [0.15, 0.2) is 18.2 Å². The van der Waals surface area contributed by atoms with E-state index in [0.29, 0.717) is 5.56 Å². The molecule has 0 saturated carbocycles. The molecule has 2 aliphatic rings. The Balaban J connectivity index is 2.08. The number of hydrogen-bond donors (Lipinski definition) is 0. The van der Waals surface area contributed by atoms with E-state index in [9.17, 15) is 13.2 Å². The van der Waals surface area contributed by atoms with Crippen LogP contribution < -0.4 is 0 Å². The van der Waals surface area contributed by atoms with Gasteiger partial charge < -0.3 is 4.74 Å². The SMILES string of the molecule is FC(F)(F)c1ccc2c(c1)[C@@H]1O[C@@H]2[C@H](Br)[C@@H]1Br. The molecule has 92 valence electrons. The van der Waals surface area contributed by atoms with E-state index in [0.717, 1.165) is 11.6 Å². The third-order valence-electron chi connectivity index (χ3n) is 3.20. The first-order valence-corrected chi connectivity index (χ1v) is 6.87. The summed E-state index contributed by atoms with van der Waals surface area (Å²) in [6.45, 7) is 0. The van der Waals surface area contributed by atoms with Gasteiger partial charge in [-0.25, -0.2) is 0 Å². The highest BCUT2D eigenvalue weighted by Gasteiger charge is 2.51. The summed E-state index contributed by atoms with van der Waals surface area (Å²) < 4.78 is 43.5. The molecule has 0 spiro atoms. The molecule has 0 N–H and O–H groups in total. The highest BCUT2D eigenvalue weighted by atomic mass is 79.9. The number of halogens is 5. The van der Waals surface area contributed by atoms with Crippen molar-refractivity contribution in [1.29, 1.82) is 0 Å². The second-order valence-corrected chi connectivity index (χ2v) is 6.32. The van der Waals surface area contributed by atoms with Crippen molar-refractivity contribution in [2.75, 3.05) is 0 Å². The Morgan fingerprint density at radius 3 is 2.18 bits per heavy atom. The molecule has 0 aromatic heterocycles. The van der Waals surface area contributed by atoms with Gasteiger partial charge in [-0.1, -0.05) is 37.9 Å². The second kappa shape index (κ2) is 3.71. The summed E-state index contributed by atoms with van der Waals surface area (Å²) in [5.74, 6) is 0. The van der Waals surface area contributed by atoms with Crippen molar-refractivity contribution in [2.24, 2.45) is 0 Å². The van der Waals surface area contributed by atoms with Gasteiger partial charge in [0.2, 0.25) is 0 Å². The minimum absolute atomic E-state index is 0.0171. The van der Waals surface area contributed by atoms with E-state index in [4.69, 9.17) is 4.74 Å². The van der Waals surface area contributed by atoms with E-state index < -0.39 is 11.7 Å². The Bertz CT molecular complexity index is 474. The van der Waals surface area contributed by atoms with Crippen molar-refractivity contribution in [3.8, 4) is 0 Å². The fourth-order valence-corrected chi connectivity index (χ4v) is 3.76. The number of alkyl halides is 5. The lowest BCUT2D eigenvalue weighted by Gasteiger charge is -2.22. The van der Waals surface area contributed by atoms with Gasteiger partial charge in [-0.05, 0) is 23.3 Å². The van der Waals surface area contributed by atoms with Gasteiger partial charge in [0.15, 0.2) is 0 Å². The van der Waals surface area contributed by atoms with Crippen molar-refractivity contribution >= 4 is 31.9 Å². The number of hydrogen-bond acceptors (Lipinski definition) is 1. The first-order valence-electron chi connectivity index (χ1n) is 5.04. The number of benzene rings is 1. The Morgan fingerprint density at radius 2 is 1.59 bits per heavy atom. The molecule has 17 heavy (non-hydrogen) atoms. The van der Waals surface area contributed by atoms with Crippen molar-refractivity contribution in [3.05, 3.63) is 34.9 Å². The van der Waals surface area contributed by atoms with Crippen molar-refractivity contribution in [1.82, 2.24) is 0 Å². The summed E-state index contributed by atoms with van der Waals surface area (Å²) in [6.07, 6.45) is -4.74. The maximum Gasteiger partial charge on any atom is 0.416 e. The second-order valence-electron chi connectivity index (χ2n) is 4.21. The fraction of sp³-hybridized carbons (Fsp3) is 0.455. The summed E-state index contributed by atoms with van der Waals surface area (Å²) >= 11 is 6.95. The van der Waals surface area contributed by atoms with Gasteiger partial charge in [0.05, 0.1) is 27.4 Å². The first kappa shape index (κ1) is 12.0. The summed E-state index contributed by atoms with van der Waals surface area (Å²) in [4.78, 5) is 0.125. The molecule has 0 unspecified atom stereocenters. The quantitative estimate of drug-likeness (QED) is 0.616. The van der Waals surface area contributed by atoms with Crippen molar-refractivity contribution in [3.63, 3.8) is 0 Å². The van der Waals surface area contributed by atoms with Crippen LogP contribution in [-0.4, -0.2) is 9.65 Å². The van der Waals surface area contributed by atoms with E-state index in [1.54, 1.807) is 0 Å². The van der Waals surface area contributed by atoms with E-state index >= 15 is 0 Å². The minimum Gasteiger partial charge on any atom is -0.363 e. The molecule has 4 atom stereocenters. The minimum atomic E-state index is -4.30. The zero-order valence-electron chi connectivity index (χ0n) is 8.34. The molecule has 0 radical (unpaired) electrons. The molecular weight excluding hydrogens is 365 g/mol. The predicted octanol–water partition coefficient (Wildman–Crippen LogP) is 4.36. The van der Waals surface area contributed by atoms with Crippen LogP contribution in [0, 0.1) is 0 Å². The van der Waals surface area contributed by atoms with Gasteiger partial charge in [-0.3, -0.25) is 0 Å². The zero-order chi connectivity index (χ0) is 12.4. The maximum atomic E-state index is 12.6. The van der Waals surface area contributed by atoms with E-state index in [-0.39, 0.29) is 21.9 Å². The number of rotatable bonds is 0. The summed E-state index contributed by atoms with van der Waals surface area (Å²) in [5, 5.41) is 0. The normalized spacial score (nSPS) is 35.1. The van der Waals surface area contributed by atoms with Crippen LogP contribution >= 0.6 is 31.9 Å². The molecule has 6 heteroatoms. The number of fused-ring (bicyclic) bond motifs is 5. The largest absolute Gasteiger partial charge is 0.416 e. The highest BCUT2D eigenvalue weighted by molar-refractivity contribution is 9.12. The van der Waals surface area contributed by atoms with Gasteiger partial charge in [0.1, 0.15) is 0 Å².